The monoisotopic (exact) mass is 393 g/mol. The molecule has 0 bridgehead atoms. The summed E-state index contributed by atoms with van der Waals surface area (Å²) in [6.45, 7) is 4.53. The Morgan fingerprint density at radius 3 is 2.44 bits per heavy atom. The molecule has 0 aliphatic heterocycles. The van der Waals surface area contributed by atoms with E-state index in [1.165, 1.54) is 6.33 Å². The molecule has 0 fully saturated rings. The predicted molar refractivity (Wildman–Crippen MR) is 105 cm³/mol. The summed E-state index contributed by atoms with van der Waals surface area (Å²) in [7, 11) is 0.110. The van der Waals surface area contributed by atoms with Crippen LogP contribution in [-0.2, 0) is 35.9 Å². The molecule has 2 aromatic rings. The number of rotatable bonds is 8. The van der Waals surface area contributed by atoms with Gasteiger partial charge in [-0.25, -0.2) is 18.1 Å². The number of nitrogens with one attached hydrogen (secondary N) is 3. The summed E-state index contributed by atoms with van der Waals surface area (Å²) >= 11 is 0. The maximum absolute atomic E-state index is 12.2. The molecule has 1 aromatic heterocycles. The van der Waals surface area contributed by atoms with Gasteiger partial charge in [0.15, 0.2) is 5.96 Å². The Hall–Kier alpha value is -2.46. The topological polar surface area (TPSA) is 113 Å². The summed E-state index contributed by atoms with van der Waals surface area (Å²) in [6, 6.07) is 7.32. The Balaban J connectivity index is 1.99. The van der Waals surface area contributed by atoms with Crippen LogP contribution in [0.1, 0.15) is 30.8 Å². The molecule has 9 nitrogen and oxygen atoms in total. The third-order valence-electron chi connectivity index (χ3n) is 3.77. The predicted octanol–water partition coefficient (Wildman–Crippen LogP) is 0.508. The number of benzene rings is 1. The van der Waals surface area contributed by atoms with Crippen molar-refractivity contribution in [1.29, 1.82) is 0 Å². The summed E-state index contributed by atoms with van der Waals surface area (Å²) in [4.78, 5) is 8.33. The van der Waals surface area contributed by atoms with Crippen LogP contribution in [0, 0.1) is 0 Å². The molecule has 10 heteroatoms. The highest BCUT2D eigenvalue weighted by Crippen LogP contribution is 2.12. The summed E-state index contributed by atoms with van der Waals surface area (Å²) in [5, 5.41) is 10.4. The largest absolute Gasteiger partial charge is 0.352 e. The SMILES string of the molecule is CN=C(NCc1ccccc1CS(=O)(=O)NC(C)C)NCc1ncnn1C. The van der Waals surface area contributed by atoms with E-state index in [1.54, 1.807) is 25.6 Å². The van der Waals surface area contributed by atoms with Crippen molar-refractivity contribution in [1.82, 2.24) is 30.1 Å². The molecule has 0 unspecified atom stereocenters. The van der Waals surface area contributed by atoms with Crippen molar-refractivity contribution in [3.63, 3.8) is 0 Å². The van der Waals surface area contributed by atoms with Gasteiger partial charge in [-0.05, 0) is 25.0 Å². The third kappa shape index (κ3) is 6.65. The minimum Gasteiger partial charge on any atom is -0.352 e. The fourth-order valence-electron chi connectivity index (χ4n) is 2.52. The average molecular weight is 394 g/mol. The maximum atomic E-state index is 12.2. The quantitative estimate of drug-likeness (QED) is 0.445. The van der Waals surface area contributed by atoms with Crippen LogP contribution >= 0.6 is 0 Å². The summed E-state index contributed by atoms with van der Waals surface area (Å²) < 4.78 is 28.8. The molecule has 0 saturated carbocycles. The molecule has 0 aliphatic rings. The molecule has 2 rings (SSSR count). The van der Waals surface area contributed by atoms with Gasteiger partial charge in [0.25, 0.3) is 0 Å². The number of sulfonamides is 1. The lowest BCUT2D eigenvalue weighted by Gasteiger charge is -2.15. The number of aryl methyl sites for hydroxylation is 1. The molecule has 3 N–H and O–H groups in total. The maximum Gasteiger partial charge on any atom is 0.216 e. The van der Waals surface area contributed by atoms with Crippen molar-refractivity contribution in [3.05, 3.63) is 47.5 Å². The number of aliphatic imine (C=N–C) groups is 1. The molecular formula is C17H27N7O2S. The minimum absolute atomic E-state index is 0.0615. The van der Waals surface area contributed by atoms with Crippen LogP contribution in [0.5, 0.6) is 0 Å². The van der Waals surface area contributed by atoms with Crippen LogP contribution in [0.3, 0.4) is 0 Å². The van der Waals surface area contributed by atoms with Crippen molar-refractivity contribution < 1.29 is 8.42 Å². The minimum atomic E-state index is -3.39. The van der Waals surface area contributed by atoms with Gasteiger partial charge in [-0.15, -0.1) is 0 Å². The molecule has 0 spiro atoms. The number of aromatic nitrogens is 3. The number of hydrogen-bond donors (Lipinski definition) is 3. The number of hydrogen-bond acceptors (Lipinski definition) is 5. The first-order valence-corrected chi connectivity index (χ1v) is 10.3. The second kappa shape index (κ2) is 9.47. The van der Waals surface area contributed by atoms with Gasteiger partial charge in [-0.1, -0.05) is 24.3 Å². The van der Waals surface area contributed by atoms with Gasteiger partial charge in [0.1, 0.15) is 12.2 Å². The lowest BCUT2D eigenvalue weighted by Crippen LogP contribution is -2.37. The Bertz CT molecular complexity index is 875. The van der Waals surface area contributed by atoms with Crippen molar-refractivity contribution in [2.75, 3.05) is 7.05 Å². The van der Waals surface area contributed by atoms with Gasteiger partial charge >= 0.3 is 0 Å². The van der Waals surface area contributed by atoms with E-state index in [1.807, 2.05) is 31.3 Å². The van der Waals surface area contributed by atoms with E-state index in [9.17, 15) is 8.42 Å². The second-order valence-electron chi connectivity index (χ2n) is 6.38. The highest BCUT2D eigenvalue weighted by atomic mass is 32.2. The van der Waals surface area contributed by atoms with Crippen molar-refractivity contribution in [2.24, 2.45) is 12.0 Å². The fraction of sp³-hybridized carbons (Fsp3) is 0.471. The summed E-state index contributed by atoms with van der Waals surface area (Å²) in [5.74, 6) is 1.31. The Morgan fingerprint density at radius 2 is 1.85 bits per heavy atom. The molecule has 1 heterocycles. The molecule has 0 amide bonds. The molecule has 0 saturated heterocycles. The Morgan fingerprint density at radius 1 is 1.19 bits per heavy atom. The van der Waals surface area contributed by atoms with E-state index in [0.717, 1.165) is 17.0 Å². The lowest BCUT2D eigenvalue weighted by molar-refractivity contribution is 0.568. The van der Waals surface area contributed by atoms with Crippen molar-refractivity contribution >= 4 is 16.0 Å². The van der Waals surface area contributed by atoms with Crippen LogP contribution in [0.2, 0.25) is 0 Å². The highest BCUT2D eigenvalue weighted by molar-refractivity contribution is 7.88. The Labute approximate surface area is 160 Å². The standard InChI is InChI=1S/C17H27N7O2S/c1-13(2)23-27(25,26)11-15-8-6-5-7-14(15)9-19-17(18-3)20-10-16-21-12-22-24(16)4/h5-8,12-13,23H,9-11H2,1-4H3,(H2,18,19,20). The van der Waals surface area contributed by atoms with E-state index < -0.39 is 10.0 Å². The van der Waals surface area contributed by atoms with E-state index in [-0.39, 0.29) is 11.8 Å². The lowest BCUT2D eigenvalue weighted by atomic mass is 10.1. The molecule has 27 heavy (non-hydrogen) atoms. The third-order valence-corrected chi connectivity index (χ3v) is 5.29. The zero-order valence-corrected chi connectivity index (χ0v) is 16.9. The van der Waals surface area contributed by atoms with Gasteiger partial charge < -0.3 is 10.6 Å². The van der Waals surface area contributed by atoms with Crippen LogP contribution in [0.4, 0.5) is 0 Å². The zero-order valence-electron chi connectivity index (χ0n) is 16.1. The zero-order chi connectivity index (χ0) is 19.9. The molecular weight excluding hydrogens is 366 g/mol. The summed E-state index contributed by atoms with van der Waals surface area (Å²) in [5.41, 5.74) is 1.65. The molecule has 1 aromatic carbocycles. The first kappa shape index (κ1) is 20.8. The van der Waals surface area contributed by atoms with Crippen molar-refractivity contribution in [2.45, 2.75) is 38.7 Å². The molecule has 0 atom stereocenters. The van der Waals surface area contributed by atoms with E-state index >= 15 is 0 Å². The van der Waals surface area contributed by atoms with E-state index in [2.05, 4.69) is 30.4 Å². The van der Waals surface area contributed by atoms with Gasteiger partial charge in [0, 0.05) is 26.7 Å². The van der Waals surface area contributed by atoms with Crippen LogP contribution in [0.25, 0.3) is 0 Å². The highest BCUT2D eigenvalue weighted by Gasteiger charge is 2.15. The number of guanidine groups is 1. The molecule has 0 aliphatic carbocycles. The van der Waals surface area contributed by atoms with Gasteiger partial charge in [-0.3, -0.25) is 9.67 Å². The van der Waals surface area contributed by atoms with Crippen LogP contribution in [0.15, 0.2) is 35.6 Å². The Kier molecular flexibility index (Phi) is 7.31. The molecule has 0 radical (unpaired) electrons. The summed E-state index contributed by atoms with van der Waals surface area (Å²) in [6.07, 6.45) is 1.50. The van der Waals surface area contributed by atoms with Gasteiger partial charge in [0.05, 0.1) is 12.3 Å². The van der Waals surface area contributed by atoms with Crippen LogP contribution in [-0.4, -0.2) is 42.2 Å². The fourth-order valence-corrected chi connectivity index (χ4v) is 4.01. The number of nitrogens with zero attached hydrogens (tertiary/aromatic N) is 4. The van der Waals surface area contributed by atoms with E-state index in [0.29, 0.717) is 19.0 Å². The molecule has 148 valence electrons. The van der Waals surface area contributed by atoms with Crippen LogP contribution < -0.4 is 15.4 Å². The van der Waals surface area contributed by atoms with E-state index in [4.69, 9.17) is 0 Å². The second-order valence-corrected chi connectivity index (χ2v) is 8.13. The van der Waals surface area contributed by atoms with Gasteiger partial charge in [0.2, 0.25) is 10.0 Å². The van der Waals surface area contributed by atoms with Crippen molar-refractivity contribution in [3.8, 4) is 0 Å². The smallest absolute Gasteiger partial charge is 0.216 e. The first-order valence-electron chi connectivity index (χ1n) is 8.65. The average Bonchev–Trinajstić information content (AvgIpc) is 3.00. The first-order chi connectivity index (χ1) is 12.8. The normalized spacial score (nSPS) is 12.4. The van der Waals surface area contributed by atoms with Gasteiger partial charge in [-0.2, -0.15) is 5.10 Å².